The molecule has 0 amide bonds. The molecule has 0 atom stereocenters. The zero-order valence-corrected chi connectivity index (χ0v) is 7.85. The molecule has 0 bridgehead atoms. The average Bonchev–Trinajstić information content (AvgIpc) is 2.57. The van der Waals surface area contributed by atoms with Gasteiger partial charge in [0.1, 0.15) is 11.6 Å². The Balaban J connectivity index is 2.40. The number of fused-ring (bicyclic) bond motifs is 1. The number of imidazole rings is 1. The maximum absolute atomic E-state index is 9.33. The lowest BCUT2D eigenvalue weighted by Gasteiger charge is -2.00. The molecule has 0 fully saturated rings. The van der Waals surface area contributed by atoms with Crippen molar-refractivity contribution < 1.29 is 5.11 Å². The van der Waals surface area contributed by atoms with Crippen molar-refractivity contribution >= 4 is 5.52 Å². The van der Waals surface area contributed by atoms with E-state index in [0.29, 0.717) is 6.54 Å². The third kappa shape index (κ3) is 1.56. The van der Waals surface area contributed by atoms with Crippen molar-refractivity contribution in [3.8, 4) is 5.75 Å². The minimum absolute atomic E-state index is 0.254. The van der Waals surface area contributed by atoms with Gasteiger partial charge in [0.2, 0.25) is 0 Å². The molecule has 0 aromatic carbocycles. The molecule has 74 valence electrons. The zero-order chi connectivity index (χ0) is 9.97. The largest absolute Gasteiger partial charge is 0.506 e. The van der Waals surface area contributed by atoms with Crippen LogP contribution < -0.4 is 5.73 Å². The van der Waals surface area contributed by atoms with E-state index in [1.165, 1.54) is 0 Å². The fourth-order valence-electron chi connectivity index (χ4n) is 1.48. The van der Waals surface area contributed by atoms with Gasteiger partial charge in [-0.3, -0.25) is 0 Å². The summed E-state index contributed by atoms with van der Waals surface area (Å²) in [4.78, 5) is 4.27. The topological polar surface area (TPSA) is 63.5 Å². The summed E-state index contributed by atoms with van der Waals surface area (Å²) in [5.41, 5.74) is 6.43. The molecule has 0 radical (unpaired) electrons. The molecule has 0 aliphatic carbocycles. The molecule has 2 aromatic heterocycles. The van der Waals surface area contributed by atoms with Crippen molar-refractivity contribution in [3.05, 3.63) is 30.4 Å². The second kappa shape index (κ2) is 3.67. The Bertz CT molecular complexity index is 436. The number of hydrogen-bond acceptors (Lipinski definition) is 3. The first-order valence-electron chi connectivity index (χ1n) is 4.66. The number of pyridine rings is 1. The highest BCUT2D eigenvalue weighted by atomic mass is 16.3. The van der Waals surface area contributed by atoms with Crippen LogP contribution in [0.2, 0.25) is 0 Å². The first-order valence-corrected chi connectivity index (χ1v) is 4.66. The van der Waals surface area contributed by atoms with Crippen LogP contribution in [-0.4, -0.2) is 21.0 Å². The van der Waals surface area contributed by atoms with Gasteiger partial charge in [-0.2, -0.15) is 0 Å². The van der Waals surface area contributed by atoms with Crippen molar-refractivity contribution in [2.24, 2.45) is 5.73 Å². The van der Waals surface area contributed by atoms with Crippen LogP contribution in [0.5, 0.6) is 5.75 Å². The van der Waals surface area contributed by atoms with Gasteiger partial charge in [0.15, 0.2) is 0 Å². The molecule has 0 unspecified atom stereocenters. The monoisotopic (exact) mass is 191 g/mol. The predicted octanol–water partition coefficient (Wildman–Crippen LogP) is 0.931. The lowest BCUT2D eigenvalue weighted by Crippen LogP contribution is -2.02. The van der Waals surface area contributed by atoms with Gasteiger partial charge in [0.05, 0.1) is 17.9 Å². The molecule has 14 heavy (non-hydrogen) atoms. The second-order valence-electron chi connectivity index (χ2n) is 3.25. The molecule has 0 spiro atoms. The summed E-state index contributed by atoms with van der Waals surface area (Å²) in [5.74, 6) is 1.20. The number of nitrogens with zero attached hydrogens (tertiary/aromatic N) is 2. The Morgan fingerprint density at radius 3 is 3.07 bits per heavy atom. The number of rotatable bonds is 3. The van der Waals surface area contributed by atoms with E-state index in [9.17, 15) is 5.11 Å². The number of hydrogen-bond donors (Lipinski definition) is 2. The number of aromatic hydroxyl groups is 1. The maximum Gasteiger partial charge on any atom is 0.132 e. The normalized spacial score (nSPS) is 10.9. The highest BCUT2D eigenvalue weighted by Crippen LogP contribution is 2.14. The molecular weight excluding hydrogens is 178 g/mol. The summed E-state index contributed by atoms with van der Waals surface area (Å²) in [6.45, 7) is 0.660. The van der Waals surface area contributed by atoms with Crippen molar-refractivity contribution in [1.82, 2.24) is 9.38 Å². The number of aryl methyl sites for hydroxylation is 1. The summed E-state index contributed by atoms with van der Waals surface area (Å²) in [6, 6.07) is 3.50. The standard InChI is InChI=1S/C10H13N3O/c11-5-1-2-10-12-6-8-3-4-9(14)7-13(8)10/h3-4,6-7,14H,1-2,5,11H2. The van der Waals surface area contributed by atoms with E-state index in [2.05, 4.69) is 4.98 Å². The van der Waals surface area contributed by atoms with E-state index in [0.717, 1.165) is 24.2 Å². The van der Waals surface area contributed by atoms with E-state index >= 15 is 0 Å². The van der Waals surface area contributed by atoms with E-state index in [1.54, 1.807) is 18.5 Å². The molecular formula is C10H13N3O. The van der Waals surface area contributed by atoms with Crippen LogP contribution in [0.1, 0.15) is 12.2 Å². The molecule has 3 N–H and O–H groups in total. The predicted molar refractivity (Wildman–Crippen MR) is 54.2 cm³/mol. The lowest BCUT2D eigenvalue weighted by molar-refractivity contribution is 0.471. The Morgan fingerprint density at radius 2 is 2.29 bits per heavy atom. The Morgan fingerprint density at radius 1 is 1.43 bits per heavy atom. The summed E-state index contributed by atoms with van der Waals surface area (Å²) < 4.78 is 1.89. The van der Waals surface area contributed by atoms with Crippen LogP contribution in [0, 0.1) is 0 Å². The van der Waals surface area contributed by atoms with E-state index in [4.69, 9.17) is 5.73 Å². The summed E-state index contributed by atoms with van der Waals surface area (Å²) in [5, 5.41) is 9.33. The molecule has 2 aromatic rings. The van der Waals surface area contributed by atoms with Crippen molar-refractivity contribution in [3.63, 3.8) is 0 Å². The number of aromatic nitrogens is 2. The minimum Gasteiger partial charge on any atom is -0.506 e. The SMILES string of the molecule is NCCCc1ncc2ccc(O)cn12. The molecule has 2 rings (SSSR count). The minimum atomic E-state index is 0.254. The Labute approximate surface area is 82.0 Å². The fourth-order valence-corrected chi connectivity index (χ4v) is 1.48. The van der Waals surface area contributed by atoms with Gasteiger partial charge in [0.25, 0.3) is 0 Å². The molecule has 0 aliphatic heterocycles. The highest BCUT2D eigenvalue weighted by molar-refractivity contribution is 5.48. The van der Waals surface area contributed by atoms with Gasteiger partial charge in [-0.25, -0.2) is 4.98 Å². The van der Waals surface area contributed by atoms with Crippen LogP contribution in [0.4, 0.5) is 0 Å². The van der Waals surface area contributed by atoms with Gasteiger partial charge in [0, 0.05) is 6.42 Å². The molecule has 4 nitrogen and oxygen atoms in total. The van der Waals surface area contributed by atoms with Crippen molar-refractivity contribution in [2.75, 3.05) is 6.54 Å². The van der Waals surface area contributed by atoms with Crippen LogP contribution >= 0.6 is 0 Å². The summed E-state index contributed by atoms with van der Waals surface area (Å²) in [6.07, 6.45) is 5.22. The van der Waals surface area contributed by atoms with Gasteiger partial charge >= 0.3 is 0 Å². The second-order valence-corrected chi connectivity index (χ2v) is 3.25. The molecule has 0 saturated carbocycles. The highest BCUT2D eigenvalue weighted by Gasteiger charge is 2.02. The van der Waals surface area contributed by atoms with E-state index in [1.807, 2.05) is 10.5 Å². The fraction of sp³-hybridized carbons (Fsp3) is 0.300. The molecule has 0 aliphatic rings. The molecule has 4 heteroatoms. The number of nitrogens with two attached hydrogens (primary N) is 1. The van der Waals surface area contributed by atoms with Gasteiger partial charge < -0.3 is 15.2 Å². The van der Waals surface area contributed by atoms with Crippen LogP contribution in [-0.2, 0) is 6.42 Å². The summed E-state index contributed by atoms with van der Waals surface area (Å²) >= 11 is 0. The first-order chi connectivity index (χ1) is 6.81. The van der Waals surface area contributed by atoms with E-state index < -0.39 is 0 Å². The van der Waals surface area contributed by atoms with Crippen LogP contribution in [0.15, 0.2) is 24.5 Å². The smallest absolute Gasteiger partial charge is 0.132 e. The van der Waals surface area contributed by atoms with Crippen LogP contribution in [0.3, 0.4) is 0 Å². The quantitative estimate of drug-likeness (QED) is 0.758. The van der Waals surface area contributed by atoms with Gasteiger partial charge in [-0.15, -0.1) is 0 Å². The molecule has 0 saturated heterocycles. The maximum atomic E-state index is 9.33. The third-order valence-electron chi connectivity index (χ3n) is 2.19. The molecule has 2 heterocycles. The van der Waals surface area contributed by atoms with Crippen LogP contribution in [0.25, 0.3) is 5.52 Å². The lowest BCUT2D eigenvalue weighted by atomic mass is 10.3. The van der Waals surface area contributed by atoms with Gasteiger partial charge in [-0.1, -0.05) is 0 Å². The van der Waals surface area contributed by atoms with Crippen molar-refractivity contribution in [1.29, 1.82) is 0 Å². The van der Waals surface area contributed by atoms with Gasteiger partial charge in [-0.05, 0) is 25.1 Å². The first kappa shape index (κ1) is 9.02. The van der Waals surface area contributed by atoms with Crippen molar-refractivity contribution in [2.45, 2.75) is 12.8 Å². The third-order valence-corrected chi connectivity index (χ3v) is 2.19. The average molecular weight is 191 g/mol. The Kier molecular flexibility index (Phi) is 2.37. The van der Waals surface area contributed by atoms with E-state index in [-0.39, 0.29) is 5.75 Å². The Hall–Kier alpha value is -1.55. The zero-order valence-electron chi connectivity index (χ0n) is 7.85. The summed E-state index contributed by atoms with van der Waals surface area (Å²) in [7, 11) is 0.